The van der Waals surface area contributed by atoms with Crippen LogP contribution in [0.25, 0.3) is 11.0 Å². The van der Waals surface area contributed by atoms with Crippen molar-refractivity contribution in [1.29, 1.82) is 0 Å². The first-order chi connectivity index (χ1) is 13.2. The zero-order valence-electron chi connectivity index (χ0n) is 15.5. The van der Waals surface area contributed by atoms with E-state index in [1.807, 2.05) is 6.07 Å². The fraction of sp³-hybridized carbons (Fsp3) is 0.611. The monoisotopic (exact) mass is 390 g/mol. The molecule has 2 aliphatic rings. The quantitative estimate of drug-likeness (QED) is 0.666. The standard InChI is InChI=1S/C18H26N6O2S/c1-12-10-13-11-19-18(22-16(13)21-17(12)25)20-14-2-6-24(7-3-14)27-23-15-4-8-26-9-5-15/h10-11,14-15,23H,2-9H2,1H3,(H2,19,20,21,22,25). The fourth-order valence-corrected chi connectivity index (χ4v) is 4.34. The predicted molar refractivity (Wildman–Crippen MR) is 108 cm³/mol. The van der Waals surface area contributed by atoms with Gasteiger partial charge in [-0.05, 0) is 38.7 Å². The summed E-state index contributed by atoms with van der Waals surface area (Å²) in [4.78, 5) is 23.5. The lowest BCUT2D eigenvalue weighted by Gasteiger charge is -2.33. The molecule has 0 bridgehead atoms. The van der Waals surface area contributed by atoms with Crippen LogP contribution in [0, 0.1) is 6.92 Å². The molecule has 146 valence electrons. The van der Waals surface area contributed by atoms with Gasteiger partial charge in [0.05, 0.1) is 0 Å². The highest BCUT2D eigenvalue weighted by Crippen LogP contribution is 2.21. The van der Waals surface area contributed by atoms with E-state index in [1.165, 1.54) is 0 Å². The topological polar surface area (TPSA) is 95.2 Å². The maximum absolute atomic E-state index is 11.8. The molecule has 27 heavy (non-hydrogen) atoms. The molecule has 0 atom stereocenters. The van der Waals surface area contributed by atoms with Crippen LogP contribution in [0.15, 0.2) is 17.1 Å². The third-order valence-corrected chi connectivity index (χ3v) is 6.20. The number of aromatic nitrogens is 3. The number of piperidine rings is 1. The van der Waals surface area contributed by atoms with E-state index in [0.29, 0.717) is 29.2 Å². The van der Waals surface area contributed by atoms with E-state index in [9.17, 15) is 4.79 Å². The van der Waals surface area contributed by atoms with E-state index in [4.69, 9.17) is 4.74 Å². The molecule has 0 radical (unpaired) electrons. The smallest absolute Gasteiger partial charge is 0.252 e. The van der Waals surface area contributed by atoms with E-state index in [0.717, 1.165) is 57.4 Å². The van der Waals surface area contributed by atoms with Crippen molar-refractivity contribution in [3.05, 3.63) is 28.2 Å². The molecule has 4 heterocycles. The molecule has 0 spiro atoms. The van der Waals surface area contributed by atoms with Gasteiger partial charge in [-0.25, -0.2) is 14.0 Å². The largest absolute Gasteiger partial charge is 0.381 e. The fourth-order valence-electron chi connectivity index (χ4n) is 3.41. The van der Waals surface area contributed by atoms with Gasteiger partial charge in [-0.3, -0.25) is 4.79 Å². The number of H-pyrrole nitrogens is 1. The Morgan fingerprint density at radius 2 is 2.00 bits per heavy atom. The summed E-state index contributed by atoms with van der Waals surface area (Å²) in [6.07, 6.45) is 6.01. The van der Waals surface area contributed by atoms with Gasteiger partial charge in [0.2, 0.25) is 5.95 Å². The third-order valence-electron chi connectivity index (χ3n) is 5.14. The molecule has 2 fully saturated rings. The Hall–Kier alpha value is -1.68. The van der Waals surface area contributed by atoms with Gasteiger partial charge in [-0.15, -0.1) is 0 Å². The van der Waals surface area contributed by atoms with Gasteiger partial charge in [-0.1, -0.05) is 0 Å². The lowest BCUT2D eigenvalue weighted by molar-refractivity contribution is 0.0835. The van der Waals surface area contributed by atoms with Crippen molar-refractivity contribution in [2.24, 2.45) is 0 Å². The molecule has 0 saturated carbocycles. The first-order valence-corrected chi connectivity index (χ1v) is 10.3. The minimum atomic E-state index is -0.102. The summed E-state index contributed by atoms with van der Waals surface area (Å²) in [5.74, 6) is 0.577. The highest BCUT2D eigenvalue weighted by atomic mass is 32.2. The van der Waals surface area contributed by atoms with Crippen molar-refractivity contribution in [1.82, 2.24) is 24.0 Å². The van der Waals surface area contributed by atoms with E-state index in [2.05, 4.69) is 29.3 Å². The van der Waals surface area contributed by atoms with Gasteiger partial charge >= 0.3 is 0 Å². The number of ether oxygens (including phenoxy) is 1. The lowest BCUT2D eigenvalue weighted by Crippen LogP contribution is -2.39. The molecule has 9 heteroatoms. The Kier molecular flexibility index (Phi) is 5.92. The number of pyridine rings is 1. The van der Waals surface area contributed by atoms with Crippen LogP contribution in [0.1, 0.15) is 31.2 Å². The summed E-state index contributed by atoms with van der Waals surface area (Å²) in [5.41, 5.74) is 1.15. The van der Waals surface area contributed by atoms with Crippen molar-refractivity contribution in [3.8, 4) is 0 Å². The zero-order chi connectivity index (χ0) is 18.6. The average Bonchev–Trinajstić information content (AvgIpc) is 2.69. The van der Waals surface area contributed by atoms with E-state index in [1.54, 1.807) is 25.3 Å². The summed E-state index contributed by atoms with van der Waals surface area (Å²) >= 11 is 1.75. The van der Waals surface area contributed by atoms with E-state index in [-0.39, 0.29) is 5.56 Å². The molecule has 0 aromatic carbocycles. The number of anilines is 1. The molecule has 2 aromatic rings. The Balaban J connectivity index is 1.28. The number of rotatable bonds is 5. The summed E-state index contributed by atoms with van der Waals surface area (Å²) < 4.78 is 11.4. The molecule has 2 saturated heterocycles. The summed E-state index contributed by atoms with van der Waals surface area (Å²) in [5, 5.41) is 4.27. The number of nitrogens with one attached hydrogen (secondary N) is 3. The molecular weight excluding hydrogens is 364 g/mol. The van der Waals surface area contributed by atoms with Gasteiger partial charge in [0.1, 0.15) is 5.65 Å². The number of nitrogens with zero attached hydrogens (tertiary/aromatic N) is 3. The molecule has 3 N–H and O–H groups in total. The van der Waals surface area contributed by atoms with Gasteiger partial charge in [0, 0.05) is 67.7 Å². The molecule has 2 aliphatic heterocycles. The Morgan fingerprint density at radius 3 is 2.78 bits per heavy atom. The molecule has 8 nitrogen and oxygen atoms in total. The van der Waals surface area contributed by atoms with Crippen LogP contribution in [0.2, 0.25) is 0 Å². The number of fused-ring (bicyclic) bond motifs is 1. The zero-order valence-corrected chi connectivity index (χ0v) is 16.3. The molecular formula is C18H26N6O2S. The van der Waals surface area contributed by atoms with Crippen molar-refractivity contribution in [2.75, 3.05) is 31.6 Å². The predicted octanol–water partition coefficient (Wildman–Crippen LogP) is 1.83. The summed E-state index contributed by atoms with van der Waals surface area (Å²) in [7, 11) is 0. The Bertz CT molecular complexity index is 830. The van der Waals surface area contributed by atoms with Crippen molar-refractivity contribution in [2.45, 2.75) is 44.7 Å². The lowest BCUT2D eigenvalue weighted by atomic mass is 10.1. The van der Waals surface area contributed by atoms with Gasteiger partial charge in [0.15, 0.2) is 0 Å². The van der Waals surface area contributed by atoms with Crippen LogP contribution in [0.4, 0.5) is 5.95 Å². The van der Waals surface area contributed by atoms with Crippen molar-refractivity contribution in [3.63, 3.8) is 0 Å². The van der Waals surface area contributed by atoms with Crippen molar-refractivity contribution >= 4 is 29.1 Å². The molecule has 0 amide bonds. The number of aryl methyl sites for hydroxylation is 1. The number of hydrogen-bond acceptors (Lipinski definition) is 8. The summed E-state index contributed by atoms with van der Waals surface area (Å²) in [6, 6.07) is 2.72. The second-order valence-corrected chi connectivity index (χ2v) is 8.16. The molecule has 4 rings (SSSR count). The van der Waals surface area contributed by atoms with Crippen molar-refractivity contribution < 1.29 is 4.74 Å². The SMILES string of the molecule is Cc1cc2cnc(NC3CCN(SNC4CCOCC4)CC3)nc2[nH]c1=O. The molecule has 2 aromatic heterocycles. The van der Waals surface area contributed by atoms with Crippen LogP contribution in [-0.2, 0) is 4.74 Å². The molecule has 0 aliphatic carbocycles. The Morgan fingerprint density at radius 1 is 1.22 bits per heavy atom. The normalized spacial score (nSPS) is 20.2. The van der Waals surface area contributed by atoms with Gasteiger partial charge in [-0.2, -0.15) is 4.98 Å². The minimum Gasteiger partial charge on any atom is -0.381 e. The van der Waals surface area contributed by atoms with Crippen LogP contribution >= 0.6 is 12.1 Å². The average molecular weight is 391 g/mol. The third kappa shape index (κ3) is 4.78. The molecule has 0 unspecified atom stereocenters. The first kappa shape index (κ1) is 18.7. The minimum absolute atomic E-state index is 0.102. The highest BCUT2D eigenvalue weighted by Gasteiger charge is 2.22. The second kappa shape index (κ2) is 8.55. The summed E-state index contributed by atoms with van der Waals surface area (Å²) in [6.45, 7) is 5.54. The van der Waals surface area contributed by atoms with Crippen LogP contribution in [-0.4, -0.2) is 57.6 Å². The van der Waals surface area contributed by atoms with Gasteiger partial charge in [0.25, 0.3) is 5.56 Å². The van der Waals surface area contributed by atoms with Crippen LogP contribution in [0.3, 0.4) is 0 Å². The van der Waals surface area contributed by atoms with E-state index >= 15 is 0 Å². The second-order valence-electron chi connectivity index (χ2n) is 7.22. The number of aromatic amines is 1. The van der Waals surface area contributed by atoms with Gasteiger partial charge < -0.3 is 15.0 Å². The van der Waals surface area contributed by atoms with Crippen LogP contribution in [0.5, 0.6) is 0 Å². The highest BCUT2D eigenvalue weighted by molar-refractivity contribution is 7.95. The van der Waals surface area contributed by atoms with E-state index < -0.39 is 0 Å². The van der Waals surface area contributed by atoms with Crippen LogP contribution < -0.4 is 15.6 Å². The Labute approximate surface area is 162 Å². The number of hydrogen-bond donors (Lipinski definition) is 3. The maximum atomic E-state index is 11.8. The maximum Gasteiger partial charge on any atom is 0.252 e. The first-order valence-electron chi connectivity index (χ1n) is 9.56.